The lowest BCUT2D eigenvalue weighted by atomic mass is 9.96. The number of piperidine rings is 1. The molecule has 2 aromatic carbocycles. The number of nitrogens with zero attached hydrogens (tertiary/aromatic N) is 1. The Morgan fingerprint density at radius 1 is 1.11 bits per heavy atom. The van der Waals surface area contributed by atoms with E-state index in [2.05, 4.69) is 10.2 Å². The molecule has 0 radical (unpaired) electrons. The zero-order valence-electron chi connectivity index (χ0n) is 15.5. The van der Waals surface area contributed by atoms with Crippen LogP contribution in [-0.4, -0.2) is 30.4 Å². The maximum Gasteiger partial charge on any atom is 0.224 e. The van der Waals surface area contributed by atoms with Crippen molar-refractivity contribution >= 4 is 17.5 Å². The van der Waals surface area contributed by atoms with Gasteiger partial charge in [0.15, 0.2) is 0 Å². The molecule has 1 atom stereocenters. The highest BCUT2D eigenvalue weighted by Gasteiger charge is 2.25. The maximum absolute atomic E-state index is 13.0. The van der Waals surface area contributed by atoms with Crippen LogP contribution in [-0.2, 0) is 17.8 Å². The van der Waals surface area contributed by atoms with E-state index in [-0.39, 0.29) is 17.6 Å². The summed E-state index contributed by atoms with van der Waals surface area (Å²) in [7, 11) is 0. The van der Waals surface area contributed by atoms with E-state index < -0.39 is 0 Å². The lowest BCUT2D eigenvalue weighted by molar-refractivity contribution is -0.126. The standard InChI is InChI=1S/C22H26ClFN2O/c23-20-9-5-17(6-10-20)3-1-13-25-22(27)19-4-2-14-26(16-19)15-18-7-11-21(24)12-8-18/h5-12,19H,1-4,13-16H2,(H,25,27). The summed E-state index contributed by atoms with van der Waals surface area (Å²) in [6.45, 7) is 3.20. The second-order valence-corrected chi connectivity index (χ2v) is 7.66. The molecule has 1 N–H and O–H groups in total. The maximum atomic E-state index is 13.0. The summed E-state index contributed by atoms with van der Waals surface area (Å²) in [5.74, 6) is -0.0297. The topological polar surface area (TPSA) is 32.3 Å². The monoisotopic (exact) mass is 388 g/mol. The lowest BCUT2D eigenvalue weighted by Crippen LogP contribution is -2.42. The number of rotatable bonds is 7. The molecule has 0 spiro atoms. The van der Waals surface area contributed by atoms with Crippen LogP contribution in [0.1, 0.15) is 30.4 Å². The van der Waals surface area contributed by atoms with E-state index in [9.17, 15) is 9.18 Å². The van der Waals surface area contributed by atoms with Gasteiger partial charge in [0, 0.05) is 24.7 Å². The van der Waals surface area contributed by atoms with E-state index in [4.69, 9.17) is 11.6 Å². The van der Waals surface area contributed by atoms with Crippen LogP contribution in [0.4, 0.5) is 4.39 Å². The van der Waals surface area contributed by atoms with Crippen molar-refractivity contribution in [1.82, 2.24) is 10.2 Å². The Morgan fingerprint density at radius 2 is 1.81 bits per heavy atom. The van der Waals surface area contributed by atoms with Gasteiger partial charge in [-0.1, -0.05) is 35.9 Å². The molecular formula is C22H26ClFN2O. The quantitative estimate of drug-likeness (QED) is 0.711. The minimum Gasteiger partial charge on any atom is -0.356 e. The molecule has 1 fully saturated rings. The molecule has 144 valence electrons. The fourth-order valence-electron chi connectivity index (χ4n) is 3.56. The first kappa shape index (κ1) is 19.8. The zero-order valence-corrected chi connectivity index (χ0v) is 16.2. The van der Waals surface area contributed by atoms with E-state index in [1.807, 2.05) is 36.4 Å². The smallest absolute Gasteiger partial charge is 0.224 e. The molecule has 27 heavy (non-hydrogen) atoms. The first-order valence-electron chi connectivity index (χ1n) is 9.59. The van der Waals surface area contributed by atoms with Crippen molar-refractivity contribution in [3.8, 4) is 0 Å². The van der Waals surface area contributed by atoms with Gasteiger partial charge in [0.25, 0.3) is 0 Å². The predicted octanol–water partition coefficient (Wildman–Crippen LogP) is 4.44. The Hall–Kier alpha value is -1.91. The summed E-state index contributed by atoms with van der Waals surface area (Å²) in [6, 6.07) is 14.5. The van der Waals surface area contributed by atoms with Gasteiger partial charge in [-0.15, -0.1) is 0 Å². The highest BCUT2D eigenvalue weighted by molar-refractivity contribution is 6.30. The Balaban J connectivity index is 1.40. The summed E-state index contributed by atoms with van der Waals surface area (Å²) in [4.78, 5) is 14.8. The SMILES string of the molecule is O=C(NCCCc1ccc(Cl)cc1)C1CCCN(Cc2ccc(F)cc2)C1. The number of likely N-dealkylation sites (tertiary alicyclic amines) is 1. The Morgan fingerprint density at radius 3 is 2.56 bits per heavy atom. The molecule has 1 saturated heterocycles. The number of hydrogen-bond donors (Lipinski definition) is 1. The lowest BCUT2D eigenvalue weighted by Gasteiger charge is -2.32. The van der Waals surface area contributed by atoms with Gasteiger partial charge < -0.3 is 5.32 Å². The second kappa shape index (κ2) is 9.86. The van der Waals surface area contributed by atoms with E-state index in [1.54, 1.807) is 0 Å². The van der Waals surface area contributed by atoms with Gasteiger partial charge in [-0.05, 0) is 67.6 Å². The van der Waals surface area contributed by atoms with Crippen LogP contribution in [0.15, 0.2) is 48.5 Å². The number of halogens is 2. The van der Waals surface area contributed by atoms with E-state index in [1.165, 1.54) is 17.7 Å². The molecular weight excluding hydrogens is 363 g/mol. The number of hydrogen-bond acceptors (Lipinski definition) is 2. The Bertz CT molecular complexity index is 733. The molecule has 5 heteroatoms. The Labute approximate surface area is 165 Å². The number of benzene rings is 2. The van der Waals surface area contributed by atoms with Gasteiger partial charge in [-0.2, -0.15) is 0 Å². The summed E-state index contributed by atoms with van der Waals surface area (Å²) >= 11 is 5.89. The van der Waals surface area contributed by atoms with Crippen LogP contribution in [0.25, 0.3) is 0 Å². The summed E-state index contributed by atoms with van der Waals surface area (Å²) < 4.78 is 13.0. The van der Waals surface area contributed by atoms with Crippen LogP contribution in [0.3, 0.4) is 0 Å². The summed E-state index contributed by atoms with van der Waals surface area (Å²) in [6.07, 6.45) is 3.80. The van der Waals surface area contributed by atoms with Crippen LogP contribution >= 0.6 is 11.6 Å². The van der Waals surface area contributed by atoms with E-state index >= 15 is 0 Å². The normalized spacial score (nSPS) is 17.6. The minimum absolute atomic E-state index is 0.0368. The third kappa shape index (κ3) is 6.33. The van der Waals surface area contributed by atoms with Crippen LogP contribution in [0, 0.1) is 11.7 Å². The Kier molecular flexibility index (Phi) is 7.25. The fraction of sp³-hybridized carbons (Fsp3) is 0.409. The average molecular weight is 389 g/mol. The number of aryl methyl sites for hydroxylation is 1. The van der Waals surface area contributed by atoms with Crippen LogP contribution < -0.4 is 5.32 Å². The molecule has 1 unspecified atom stereocenters. The molecule has 0 aliphatic carbocycles. The first-order valence-corrected chi connectivity index (χ1v) is 9.97. The zero-order chi connectivity index (χ0) is 19.1. The van der Waals surface area contributed by atoms with Crippen LogP contribution in [0.2, 0.25) is 5.02 Å². The average Bonchev–Trinajstić information content (AvgIpc) is 2.68. The van der Waals surface area contributed by atoms with Gasteiger partial charge in [-0.3, -0.25) is 9.69 Å². The van der Waals surface area contributed by atoms with Crippen molar-refractivity contribution in [3.05, 3.63) is 70.5 Å². The molecule has 1 aliphatic heterocycles. The molecule has 3 rings (SSSR count). The van der Waals surface area contributed by atoms with Gasteiger partial charge in [-0.25, -0.2) is 4.39 Å². The van der Waals surface area contributed by atoms with Crippen molar-refractivity contribution < 1.29 is 9.18 Å². The number of carbonyl (C=O) groups excluding carboxylic acids is 1. The fourth-order valence-corrected chi connectivity index (χ4v) is 3.69. The van der Waals surface area contributed by atoms with Crippen molar-refractivity contribution in [3.63, 3.8) is 0 Å². The largest absolute Gasteiger partial charge is 0.356 e. The van der Waals surface area contributed by atoms with Gasteiger partial charge in [0.2, 0.25) is 5.91 Å². The second-order valence-electron chi connectivity index (χ2n) is 7.22. The number of carbonyl (C=O) groups is 1. The highest BCUT2D eigenvalue weighted by Crippen LogP contribution is 2.19. The molecule has 1 amide bonds. The third-order valence-electron chi connectivity index (χ3n) is 5.05. The molecule has 0 bridgehead atoms. The summed E-state index contributed by atoms with van der Waals surface area (Å²) in [5, 5.41) is 3.83. The van der Waals surface area contributed by atoms with Crippen LogP contribution in [0.5, 0.6) is 0 Å². The molecule has 0 saturated carbocycles. The summed E-state index contributed by atoms with van der Waals surface area (Å²) in [5.41, 5.74) is 2.32. The van der Waals surface area contributed by atoms with E-state index in [0.717, 1.165) is 55.9 Å². The predicted molar refractivity (Wildman–Crippen MR) is 107 cm³/mol. The van der Waals surface area contributed by atoms with Crippen molar-refractivity contribution in [2.75, 3.05) is 19.6 Å². The van der Waals surface area contributed by atoms with Crippen molar-refractivity contribution in [2.24, 2.45) is 5.92 Å². The molecule has 1 aliphatic rings. The molecule has 3 nitrogen and oxygen atoms in total. The first-order chi connectivity index (χ1) is 13.1. The van der Waals surface area contributed by atoms with Gasteiger partial charge >= 0.3 is 0 Å². The number of nitrogens with one attached hydrogen (secondary N) is 1. The molecule has 0 aromatic heterocycles. The van der Waals surface area contributed by atoms with Crippen molar-refractivity contribution in [2.45, 2.75) is 32.2 Å². The third-order valence-corrected chi connectivity index (χ3v) is 5.30. The molecule has 1 heterocycles. The molecule has 2 aromatic rings. The van der Waals surface area contributed by atoms with Gasteiger partial charge in [0.05, 0.1) is 5.92 Å². The van der Waals surface area contributed by atoms with Gasteiger partial charge in [0.1, 0.15) is 5.82 Å². The minimum atomic E-state index is -0.215. The van der Waals surface area contributed by atoms with Crippen molar-refractivity contribution in [1.29, 1.82) is 0 Å². The number of amides is 1. The van der Waals surface area contributed by atoms with E-state index in [0.29, 0.717) is 6.54 Å². The highest BCUT2D eigenvalue weighted by atomic mass is 35.5.